The molecule has 0 saturated carbocycles. The van der Waals surface area contributed by atoms with E-state index in [1.165, 1.54) is 18.2 Å². The van der Waals surface area contributed by atoms with Gasteiger partial charge in [0.15, 0.2) is 0 Å². The highest BCUT2D eigenvalue weighted by molar-refractivity contribution is 9.10. The standard InChI is InChI=1S/C12H8BrFN2O/c13-9-5-3-7-15-11(9)16-12(17)8-4-1-2-6-10(8)14/h1-7H,(H,15,16,17). The lowest BCUT2D eigenvalue weighted by molar-refractivity contribution is 0.102. The number of nitrogens with one attached hydrogen (secondary N) is 1. The molecule has 2 rings (SSSR count). The van der Waals surface area contributed by atoms with Crippen LogP contribution in [0.2, 0.25) is 0 Å². The van der Waals surface area contributed by atoms with Crippen molar-refractivity contribution in [1.82, 2.24) is 4.98 Å². The molecule has 0 aliphatic heterocycles. The molecule has 0 aliphatic rings. The second kappa shape index (κ2) is 5.05. The first-order valence-electron chi connectivity index (χ1n) is 4.85. The Balaban J connectivity index is 2.24. The molecule has 86 valence electrons. The second-order valence-electron chi connectivity index (χ2n) is 3.27. The van der Waals surface area contributed by atoms with Crippen molar-refractivity contribution in [2.75, 3.05) is 5.32 Å². The number of benzene rings is 1. The lowest BCUT2D eigenvalue weighted by Gasteiger charge is -2.06. The van der Waals surface area contributed by atoms with Crippen LogP contribution < -0.4 is 5.32 Å². The molecular weight excluding hydrogens is 287 g/mol. The van der Waals surface area contributed by atoms with E-state index in [1.54, 1.807) is 24.4 Å². The summed E-state index contributed by atoms with van der Waals surface area (Å²) in [6.07, 6.45) is 1.54. The second-order valence-corrected chi connectivity index (χ2v) is 4.12. The van der Waals surface area contributed by atoms with Crippen molar-refractivity contribution in [2.24, 2.45) is 0 Å². The van der Waals surface area contributed by atoms with Crippen LogP contribution in [0, 0.1) is 5.82 Å². The first-order valence-corrected chi connectivity index (χ1v) is 5.64. The summed E-state index contributed by atoms with van der Waals surface area (Å²) in [5, 5.41) is 2.53. The fraction of sp³-hybridized carbons (Fsp3) is 0. The zero-order valence-corrected chi connectivity index (χ0v) is 10.2. The summed E-state index contributed by atoms with van der Waals surface area (Å²) in [6.45, 7) is 0. The Morgan fingerprint density at radius 2 is 2.00 bits per heavy atom. The Bertz CT molecular complexity index is 560. The van der Waals surface area contributed by atoms with Gasteiger partial charge in [-0.15, -0.1) is 0 Å². The Labute approximate surface area is 106 Å². The monoisotopic (exact) mass is 294 g/mol. The van der Waals surface area contributed by atoms with E-state index < -0.39 is 11.7 Å². The van der Waals surface area contributed by atoms with E-state index in [-0.39, 0.29) is 5.56 Å². The minimum Gasteiger partial charge on any atom is -0.306 e. The Kier molecular flexibility index (Phi) is 3.49. The third-order valence-corrected chi connectivity index (χ3v) is 2.75. The van der Waals surface area contributed by atoms with Gasteiger partial charge in [-0.05, 0) is 40.2 Å². The third-order valence-electron chi connectivity index (χ3n) is 2.11. The number of rotatable bonds is 2. The minimum atomic E-state index is -0.558. The molecule has 1 N–H and O–H groups in total. The summed E-state index contributed by atoms with van der Waals surface area (Å²) in [7, 11) is 0. The normalized spacial score (nSPS) is 10.0. The number of hydrogen-bond acceptors (Lipinski definition) is 2. The molecule has 0 unspecified atom stereocenters. The van der Waals surface area contributed by atoms with Gasteiger partial charge in [-0.25, -0.2) is 9.37 Å². The highest BCUT2D eigenvalue weighted by Gasteiger charge is 2.12. The molecule has 0 radical (unpaired) electrons. The van der Waals surface area contributed by atoms with Crippen LogP contribution in [0.25, 0.3) is 0 Å². The number of nitrogens with zero attached hydrogens (tertiary/aromatic N) is 1. The lowest BCUT2D eigenvalue weighted by atomic mass is 10.2. The van der Waals surface area contributed by atoms with Gasteiger partial charge in [0.05, 0.1) is 10.0 Å². The summed E-state index contributed by atoms with van der Waals surface area (Å²) in [6, 6.07) is 9.25. The highest BCUT2D eigenvalue weighted by Crippen LogP contribution is 2.19. The molecule has 1 amide bonds. The van der Waals surface area contributed by atoms with Crippen LogP contribution in [0.4, 0.5) is 10.2 Å². The Morgan fingerprint density at radius 1 is 1.24 bits per heavy atom. The molecule has 0 aliphatic carbocycles. The van der Waals surface area contributed by atoms with Crippen LogP contribution in [0.5, 0.6) is 0 Å². The number of carbonyl (C=O) groups is 1. The van der Waals surface area contributed by atoms with Crippen molar-refractivity contribution in [3.63, 3.8) is 0 Å². The molecule has 0 spiro atoms. The van der Waals surface area contributed by atoms with Gasteiger partial charge in [0.2, 0.25) is 0 Å². The molecule has 0 atom stereocenters. The summed E-state index contributed by atoms with van der Waals surface area (Å²) >= 11 is 3.24. The highest BCUT2D eigenvalue weighted by atomic mass is 79.9. The van der Waals surface area contributed by atoms with Crippen LogP contribution in [-0.2, 0) is 0 Å². The quantitative estimate of drug-likeness (QED) is 0.924. The fourth-order valence-electron chi connectivity index (χ4n) is 1.30. The number of amides is 1. The SMILES string of the molecule is O=C(Nc1ncccc1Br)c1ccccc1F. The fourth-order valence-corrected chi connectivity index (χ4v) is 1.65. The first kappa shape index (κ1) is 11.7. The molecule has 1 heterocycles. The van der Waals surface area contributed by atoms with Gasteiger partial charge in [-0.1, -0.05) is 12.1 Å². The third kappa shape index (κ3) is 2.68. The molecule has 5 heteroatoms. The maximum absolute atomic E-state index is 13.4. The predicted molar refractivity (Wildman–Crippen MR) is 66.3 cm³/mol. The van der Waals surface area contributed by atoms with E-state index in [9.17, 15) is 9.18 Å². The van der Waals surface area contributed by atoms with Crippen LogP contribution in [-0.4, -0.2) is 10.9 Å². The molecule has 3 nitrogen and oxygen atoms in total. The van der Waals surface area contributed by atoms with Crippen molar-refractivity contribution >= 4 is 27.7 Å². The molecule has 0 bridgehead atoms. The number of hydrogen-bond donors (Lipinski definition) is 1. The largest absolute Gasteiger partial charge is 0.306 e. The molecular formula is C12H8BrFN2O. The molecule has 17 heavy (non-hydrogen) atoms. The van der Waals surface area contributed by atoms with Gasteiger partial charge in [0, 0.05) is 6.20 Å². The van der Waals surface area contributed by atoms with E-state index in [0.29, 0.717) is 10.3 Å². The first-order chi connectivity index (χ1) is 8.18. The number of halogens is 2. The average Bonchev–Trinajstić information content (AvgIpc) is 2.32. The smallest absolute Gasteiger partial charge is 0.259 e. The predicted octanol–water partition coefficient (Wildman–Crippen LogP) is 3.24. The van der Waals surface area contributed by atoms with Crippen molar-refractivity contribution < 1.29 is 9.18 Å². The van der Waals surface area contributed by atoms with Gasteiger partial charge in [-0.3, -0.25) is 4.79 Å². The van der Waals surface area contributed by atoms with Crippen molar-refractivity contribution in [3.8, 4) is 0 Å². The van der Waals surface area contributed by atoms with Crippen LogP contribution >= 0.6 is 15.9 Å². The minimum absolute atomic E-state index is 0.00921. The maximum atomic E-state index is 13.4. The van der Waals surface area contributed by atoms with Gasteiger partial charge >= 0.3 is 0 Å². The van der Waals surface area contributed by atoms with E-state index >= 15 is 0 Å². The number of carbonyl (C=O) groups excluding carboxylic acids is 1. The molecule has 2 aromatic rings. The Morgan fingerprint density at radius 3 is 2.71 bits per heavy atom. The molecule has 0 saturated heterocycles. The van der Waals surface area contributed by atoms with Crippen molar-refractivity contribution in [3.05, 3.63) is 58.4 Å². The van der Waals surface area contributed by atoms with Crippen molar-refractivity contribution in [1.29, 1.82) is 0 Å². The number of pyridine rings is 1. The van der Waals surface area contributed by atoms with Gasteiger partial charge in [0.1, 0.15) is 11.6 Å². The van der Waals surface area contributed by atoms with E-state index in [4.69, 9.17) is 0 Å². The van der Waals surface area contributed by atoms with Crippen molar-refractivity contribution in [2.45, 2.75) is 0 Å². The zero-order valence-electron chi connectivity index (χ0n) is 8.65. The van der Waals surface area contributed by atoms with Gasteiger partial charge in [0.25, 0.3) is 5.91 Å². The molecule has 1 aromatic heterocycles. The van der Waals surface area contributed by atoms with E-state index in [0.717, 1.165) is 0 Å². The van der Waals surface area contributed by atoms with E-state index in [2.05, 4.69) is 26.2 Å². The summed E-state index contributed by atoms with van der Waals surface area (Å²) < 4.78 is 14.0. The lowest BCUT2D eigenvalue weighted by Crippen LogP contribution is -2.14. The number of anilines is 1. The Hall–Kier alpha value is -1.75. The maximum Gasteiger partial charge on any atom is 0.259 e. The van der Waals surface area contributed by atoms with E-state index in [1.807, 2.05) is 0 Å². The van der Waals surface area contributed by atoms with Crippen LogP contribution in [0.15, 0.2) is 47.1 Å². The number of aromatic nitrogens is 1. The topological polar surface area (TPSA) is 42.0 Å². The van der Waals surface area contributed by atoms with Gasteiger partial charge in [-0.2, -0.15) is 0 Å². The van der Waals surface area contributed by atoms with Gasteiger partial charge < -0.3 is 5.32 Å². The average molecular weight is 295 g/mol. The summed E-state index contributed by atoms with van der Waals surface area (Å²) in [5.41, 5.74) is -0.00921. The van der Waals surface area contributed by atoms with Crippen LogP contribution in [0.1, 0.15) is 10.4 Å². The summed E-state index contributed by atoms with van der Waals surface area (Å²) in [4.78, 5) is 15.7. The summed E-state index contributed by atoms with van der Waals surface area (Å²) in [5.74, 6) is -0.722. The van der Waals surface area contributed by atoms with Crippen LogP contribution in [0.3, 0.4) is 0 Å². The molecule has 1 aromatic carbocycles. The zero-order chi connectivity index (χ0) is 12.3. The molecule has 0 fully saturated rings.